The van der Waals surface area contributed by atoms with Crippen LogP contribution in [0.1, 0.15) is 24.1 Å². The Labute approximate surface area is 114 Å². The van der Waals surface area contributed by atoms with Gasteiger partial charge >= 0.3 is 0 Å². The molecule has 0 aromatic carbocycles. The number of nitrogens with zero attached hydrogens (tertiary/aromatic N) is 3. The van der Waals surface area contributed by atoms with Gasteiger partial charge in [0.2, 0.25) is 0 Å². The van der Waals surface area contributed by atoms with Crippen LogP contribution in [0.3, 0.4) is 0 Å². The van der Waals surface area contributed by atoms with Gasteiger partial charge in [-0.15, -0.1) is 0 Å². The zero-order valence-electron chi connectivity index (χ0n) is 11.8. The van der Waals surface area contributed by atoms with Crippen LogP contribution in [-0.4, -0.2) is 53.8 Å². The van der Waals surface area contributed by atoms with E-state index in [1.54, 1.807) is 0 Å². The monoisotopic (exact) mass is 264 g/mol. The van der Waals surface area contributed by atoms with Crippen LogP contribution < -0.4 is 5.32 Å². The van der Waals surface area contributed by atoms with E-state index in [-0.39, 0.29) is 0 Å². The minimum atomic E-state index is 0.882. The lowest BCUT2D eigenvalue weighted by Gasteiger charge is -2.27. The third kappa shape index (κ3) is 2.83. The van der Waals surface area contributed by atoms with Crippen molar-refractivity contribution in [3.8, 4) is 0 Å². The number of ether oxygens (including phenoxy) is 1. The highest BCUT2D eigenvalue weighted by molar-refractivity contribution is 5.20. The summed E-state index contributed by atoms with van der Waals surface area (Å²) in [5.41, 5.74) is 2.73. The quantitative estimate of drug-likeness (QED) is 0.856. The van der Waals surface area contributed by atoms with Crippen molar-refractivity contribution in [1.29, 1.82) is 0 Å². The van der Waals surface area contributed by atoms with Gasteiger partial charge in [0.05, 0.1) is 18.9 Å². The minimum Gasteiger partial charge on any atom is -0.379 e. The molecule has 2 aliphatic rings. The fraction of sp³-hybridized carbons (Fsp3) is 0.786. The van der Waals surface area contributed by atoms with Gasteiger partial charge in [0, 0.05) is 57.8 Å². The highest BCUT2D eigenvalue weighted by atomic mass is 16.5. The predicted molar refractivity (Wildman–Crippen MR) is 74.3 cm³/mol. The van der Waals surface area contributed by atoms with E-state index in [4.69, 9.17) is 9.72 Å². The lowest BCUT2D eigenvalue weighted by molar-refractivity contribution is 0.0362. The van der Waals surface area contributed by atoms with E-state index >= 15 is 0 Å². The van der Waals surface area contributed by atoms with E-state index in [9.17, 15) is 0 Å². The molecule has 0 aliphatic carbocycles. The molecule has 3 heterocycles. The molecule has 0 unspecified atom stereocenters. The van der Waals surface area contributed by atoms with Crippen molar-refractivity contribution in [2.45, 2.75) is 32.9 Å². The van der Waals surface area contributed by atoms with Crippen LogP contribution in [0.4, 0.5) is 0 Å². The summed E-state index contributed by atoms with van der Waals surface area (Å²) >= 11 is 0. The van der Waals surface area contributed by atoms with Crippen molar-refractivity contribution >= 4 is 0 Å². The van der Waals surface area contributed by atoms with Crippen LogP contribution in [0.15, 0.2) is 0 Å². The van der Waals surface area contributed by atoms with Crippen LogP contribution in [-0.2, 0) is 30.7 Å². The largest absolute Gasteiger partial charge is 0.379 e. The van der Waals surface area contributed by atoms with Gasteiger partial charge in [-0.2, -0.15) is 0 Å². The molecule has 0 atom stereocenters. The fourth-order valence-corrected chi connectivity index (χ4v) is 3.03. The third-order valence-electron chi connectivity index (χ3n) is 4.13. The number of hydrogen-bond donors (Lipinski definition) is 1. The number of fused-ring (bicyclic) bond motifs is 1. The van der Waals surface area contributed by atoms with Gasteiger partial charge in [0.15, 0.2) is 0 Å². The highest BCUT2D eigenvalue weighted by Crippen LogP contribution is 2.16. The summed E-state index contributed by atoms with van der Waals surface area (Å²) in [7, 11) is 0. The van der Waals surface area contributed by atoms with Crippen LogP contribution in [0, 0.1) is 0 Å². The SMILES string of the molecule is CCc1nc2c(n1CCN1CCOCC1)CCNC2. The van der Waals surface area contributed by atoms with Gasteiger partial charge in [0.25, 0.3) is 0 Å². The van der Waals surface area contributed by atoms with Gasteiger partial charge in [0.1, 0.15) is 5.82 Å². The van der Waals surface area contributed by atoms with Gasteiger partial charge in [-0.1, -0.05) is 6.92 Å². The van der Waals surface area contributed by atoms with Crippen molar-refractivity contribution < 1.29 is 4.74 Å². The van der Waals surface area contributed by atoms with E-state index < -0.39 is 0 Å². The van der Waals surface area contributed by atoms with E-state index in [0.29, 0.717) is 0 Å². The lowest BCUT2D eigenvalue weighted by atomic mass is 10.2. The zero-order valence-corrected chi connectivity index (χ0v) is 11.8. The van der Waals surface area contributed by atoms with Crippen LogP contribution in [0.2, 0.25) is 0 Å². The molecule has 106 valence electrons. The Hall–Kier alpha value is -0.910. The van der Waals surface area contributed by atoms with Crippen molar-refractivity contribution in [2.24, 2.45) is 0 Å². The Morgan fingerprint density at radius 3 is 2.89 bits per heavy atom. The van der Waals surface area contributed by atoms with Gasteiger partial charge in [-0.05, 0) is 0 Å². The first-order chi connectivity index (χ1) is 9.38. The maximum Gasteiger partial charge on any atom is 0.109 e. The second-order valence-corrected chi connectivity index (χ2v) is 5.31. The molecule has 19 heavy (non-hydrogen) atoms. The average molecular weight is 264 g/mol. The Morgan fingerprint density at radius 2 is 2.11 bits per heavy atom. The lowest BCUT2D eigenvalue weighted by Crippen LogP contribution is -2.38. The minimum absolute atomic E-state index is 0.882. The standard InChI is InChI=1S/C14H24N4O/c1-2-14-16-12-11-15-4-3-13(12)18(14)6-5-17-7-9-19-10-8-17/h15H,2-11H2,1H3. The number of nitrogens with one attached hydrogen (secondary N) is 1. The molecule has 0 amide bonds. The highest BCUT2D eigenvalue weighted by Gasteiger charge is 2.19. The Kier molecular flexibility index (Phi) is 4.15. The molecule has 1 saturated heterocycles. The van der Waals surface area contributed by atoms with Gasteiger partial charge < -0.3 is 14.6 Å². The second kappa shape index (κ2) is 6.03. The normalized spacial score (nSPS) is 20.5. The Balaban J connectivity index is 1.70. The van der Waals surface area contributed by atoms with Crippen molar-refractivity contribution in [3.63, 3.8) is 0 Å². The van der Waals surface area contributed by atoms with Gasteiger partial charge in [-0.25, -0.2) is 4.98 Å². The number of hydrogen-bond acceptors (Lipinski definition) is 4. The molecule has 1 fully saturated rings. The maximum atomic E-state index is 5.40. The molecule has 0 spiro atoms. The van der Waals surface area contributed by atoms with Crippen LogP contribution in [0.25, 0.3) is 0 Å². The molecule has 5 heteroatoms. The Bertz CT molecular complexity index is 423. The van der Waals surface area contributed by atoms with E-state index in [2.05, 4.69) is 21.7 Å². The van der Waals surface area contributed by atoms with Crippen molar-refractivity contribution in [2.75, 3.05) is 39.4 Å². The predicted octanol–water partition coefficient (Wildman–Crippen LogP) is 0.423. The maximum absolute atomic E-state index is 5.40. The molecule has 1 aromatic heterocycles. The smallest absolute Gasteiger partial charge is 0.109 e. The van der Waals surface area contributed by atoms with Crippen LogP contribution in [0.5, 0.6) is 0 Å². The first-order valence-corrected chi connectivity index (χ1v) is 7.46. The van der Waals surface area contributed by atoms with E-state index in [1.807, 2.05) is 0 Å². The van der Waals surface area contributed by atoms with E-state index in [0.717, 1.165) is 65.3 Å². The number of morpholine rings is 1. The summed E-state index contributed by atoms with van der Waals surface area (Å²) in [6, 6.07) is 0. The topological polar surface area (TPSA) is 42.3 Å². The summed E-state index contributed by atoms with van der Waals surface area (Å²) < 4.78 is 7.87. The molecule has 1 N–H and O–H groups in total. The molecular formula is C14H24N4O. The second-order valence-electron chi connectivity index (χ2n) is 5.31. The Morgan fingerprint density at radius 1 is 1.26 bits per heavy atom. The molecule has 5 nitrogen and oxygen atoms in total. The third-order valence-corrected chi connectivity index (χ3v) is 4.13. The fourth-order valence-electron chi connectivity index (χ4n) is 3.03. The first-order valence-electron chi connectivity index (χ1n) is 7.46. The molecule has 3 rings (SSSR count). The number of rotatable bonds is 4. The summed E-state index contributed by atoms with van der Waals surface area (Å²) in [4.78, 5) is 7.29. The molecule has 0 bridgehead atoms. The number of imidazole rings is 1. The summed E-state index contributed by atoms with van der Waals surface area (Å²) in [5, 5.41) is 3.41. The number of aromatic nitrogens is 2. The van der Waals surface area contributed by atoms with Gasteiger partial charge in [-0.3, -0.25) is 4.90 Å². The van der Waals surface area contributed by atoms with E-state index in [1.165, 1.54) is 17.2 Å². The van der Waals surface area contributed by atoms with Crippen molar-refractivity contribution in [1.82, 2.24) is 19.8 Å². The molecule has 0 radical (unpaired) electrons. The zero-order chi connectivity index (χ0) is 13.1. The first kappa shape index (κ1) is 13.1. The summed E-state index contributed by atoms with van der Waals surface area (Å²) in [6.07, 6.45) is 2.14. The summed E-state index contributed by atoms with van der Waals surface area (Å²) in [6.45, 7) is 10.3. The molecule has 1 aromatic rings. The molecule has 2 aliphatic heterocycles. The molecular weight excluding hydrogens is 240 g/mol. The van der Waals surface area contributed by atoms with Crippen molar-refractivity contribution in [3.05, 3.63) is 17.2 Å². The summed E-state index contributed by atoms with van der Waals surface area (Å²) in [5.74, 6) is 1.25. The molecule has 0 saturated carbocycles. The average Bonchev–Trinajstić information content (AvgIpc) is 2.84. The van der Waals surface area contributed by atoms with Crippen LogP contribution >= 0.6 is 0 Å². The number of aryl methyl sites for hydroxylation is 1.